The molecule has 0 unspecified atom stereocenters. The van der Waals surface area contributed by atoms with Crippen LogP contribution in [0.4, 0.5) is 5.69 Å². The number of anilines is 1. The maximum Gasteiger partial charge on any atom is 0.189 e. The second-order valence-electron chi connectivity index (χ2n) is 3.48. The summed E-state index contributed by atoms with van der Waals surface area (Å²) in [4.78, 5) is 0. The molecule has 0 fully saturated rings. The number of nitrogen functional groups attached to an aromatic ring is 1. The zero-order chi connectivity index (χ0) is 11.7. The van der Waals surface area contributed by atoms with Crippen molar-refractivity contribution < 1.29 is 0 Å². The van der Waals surface area contributed by atoms with Crippen molar-refractivity contribution in [3.8, 4) is 17.1 Å². The Bertz CT molecular complexity index is 629. The van der Waals surface area contributed by atoms with Crippen LogP contribution in [0.15, 0.2) is 41.1 Å². The third-order valence-corrected chi connectivity index (χ3v) is 3.09. The molecule has 0 saturated carbocycles. The Labute approximate surface area is 102 Å². The van der Waals surface area contributed by atoms with Gasteiger partial charge >= 0.3 is 0 Å². The van der Waals surface area contributed by atoms with Crippen molar-refractivity contribution in [1.29, 1.82) is 0 Å². The predicted molar refractivity (Wildman–Crippen MR) is 66.9 cm³/mol. The van der Waals surface area contributed by atoms with Crippen LogP contribution in [0.2, 0.25) is 0 Å². The van der Waals surface area contributed by atoms with Crippen LogP contribution in [-0.2, 0) is 0 Å². The Balaban J connectivity index is 2.17. The predicted octanol–water partition coefficient (Wildman–Crippen LogP) is 1.97. The summed E-state index contributed by atoms with van der Waals surface area (Å²) >= 11 is 1.60. The van der Waals surface area contributed by atoms with Gasteiger partial charge in [0, 0.05) is 16.6 Å². The monoisotopic (exact) mass is 243 g/mol. The van der Waals surface area contributed by atoms with Gasteiger partial charge in [0.25, 0.3) is 0 Å². The number of nitrogens with zero attached hydrogens (tertiary/aromatic N) is 4. The van der Waals surface area contributed by atoms with Gasteiger partial charge in [-0.3, -0.25) is 0 Å². The summed E-state index contributed by atoms with van der Waals surface area (Å²) in [6, 6.07) is 9.51. The Morgan fingerprint density at radius 2 is 2.06 bits per heavy atom. The number of nitrogens with two attached hydrogens (primary N) is 1. The van der Waals surface area contributed by atoms with E-state index in [2.05, 4.69) is 15.5 Å². The van der Waals surface area contributed by atoms with Gasteiger partial charge in [0.05, 0.1) is 5.69 Å². The highest BCUT2D eigenvalue weighted by Gasteiger charge is 2.12. The first-order valence-electron chi connectivity index (χ1n) is 5.02. The topological polar surface area (TPSA) is 69.6 Å². The summed E-state index contributed by atoms with van der Waals surface area (Å²) in [6.07, 6.45) is 0. The van der Waals surface area contributed by atoms with E-state index in [1.165, 1.54) is 0 Å². The highest BCUT2D eigenvalue weighted by atomic mass is 32.1. The Kier molecular flexibility index (Phi) is 2.34. The molecular formula is C11H9N5S. The van der Waals surface area contributed by atoms with Crippen molar-refractivity contribution >= 4 is 17.0 Å². The minimum Gasteiger partial charge on any atom is -0.398 e. The van der Waals surface area contributed by atoms with Crippen molar-refractivity contribution in [2.75, 3.05) is 5.73 Å². The van der Waals surface area contributed by atoms with Crippen LogP contribution < -0.4 is 5.73 Å². The fourth-order valence-corrected chi connectivity index (χ4v) is 2.22. The van der Waals surface area contributed by atoms with Crippen molar-refractivity contribution in [2.45, 2.75) is 0 Å². The van der Waals surface area contributed by atoms with Crippen LogP contribution in [0.1, 0.15) is 0 Å². The first-order chi connectivity index (χ1) is 8.36. The average molecular weight is 243 g/mol. The lowest BCUT2D eigenvalue weighted by atomic mass is 10.1. The standard InChI is InChI=1S/C11H9N5S/c12-10-4-2-1-3-9(10)11-13-14-15-16(11)8-5-6-17-7-8/h1-7H,12H2. The third-order valence-electron chi connectivity index (χ3n) is 2.42. The summed E-state index contributed by atoms with van der Waals surface area (Å²) in [5.41, 5.74) is 8.37. The molecule has 0 aliphatic carbocycles. The first kappa shape index (κ1) is 9.98. The lowest BCUT2D eigenvalue weighted by Gasteiger charge is -2.04. The highest BCUT2D eigenvalue weighted by molar-refractivity contribution is 7.08. The van der Waals surface area contributed by atoms with Crippen LogP contribution in [0, 0.1) is 0 Å². The fourth-order valence-electron chi connectivity index (χ4n) is 1.61. The van der Waals surface area contributed by atoms with Crippen LogP contribution in [0.3, 0.4) is 0 Å². The molecule has 84 valence electrons. The first-order valence-corrected chi connectivity index (χ1v) is 5.96. The molecule has 3 aromatic rings. The molecule has 0 spiro atoms. The molecule has 2 N–H and O–H groups in total. The van der Waals surface area contributed by atoms with Gasteiger partial charge in [0.1, 0.15) is 0 Å². The van der Waals surface area contributed by atoms with Gasteiger partial charge in [-0.05, 0) is 34.0 Å². The van der Waals surface area contributed by atoms with Gasteiger partial charge in [-0.25, -0.2) is 0 Å². The van der Waals surface area contributed by atoms with Gasteiger partial charge in [-0.1, -0.05) is 12.1 Å². The summed E-state index contributed by atoms with van der Waals surface area (Å²) < 4.78 is 1.68. The largest absolute Gasteiger partial charge is 0.398 e. The lowest BCUT2D eigenvalue weighted by Crippen LogP contribution is -2.00. The number of para-hydroxylation sites is 1. The Morgan fingerprint density at radius 3 is 2.82 bits per heavy atom. The van der Waals surface area contributed by atoms with E-state index in [0.717, 1.165) is 11.3 Å². The number of benzene rings is 1. The second kappa shape index (κ2) is 3.99. The molecular weight excluding hydrogens is 234 g/mol. The second-order valence-corrected chi connectivity index (χ2v) is 4.26. The van der Waals surface area contributed by atoms with Crippen LogP contribution in [0.5, 0.6) is 0 Å². The molecule has 0 aliphatic heterocycles. The highest BCUT2D eigenvalue weighted by Crippen LogP contribution is 2.25. The summed E-state index contributed by atoms with van der Waals surface area (Å²) in [6.45, 7) is 0. The maximum atomic E-state index is 5.93. The van der Waals surface area contributed by atoms with Gasteiger partial charge in [0.15, 0.2) is 5.82 Å². The normalized spacial score (nSPS) is 10.6. The summed E-state index contributed by atoms with van der Waals surface area (Å²) in [5.74, 6) is 0.654. The molecule has 2 aromatic heterocycles. The third kappa shape index (κ3) is 1.68. The van der Waals surface area contributed by atoms with Gasteiger partial charge in [-0.2, -0.15) is 16.0 Å². The van der Waals surface area contributed by atoms with E-state index in [1.54, 1.807) is 16.0 Å². The lowest BCUT2D eigenvalue weighted by molar-refractivity contribution is 0.793. The molecule has 0 aliphatic rings. The minimum absolute atomic E-state index is 0.654. The number of rotatable bonds is 2. The van der Waals surface area contributed by atoms with E-state index in [9.17, 15) is 0 Å². The molecule has 0 radical (unpaired) electrons. The van der Waals surface area contributed by atoms with E-state index in [1.807, 2.05) is 41.1 Å². The number of thiophene rings is 1. The Hall–Kier alpha value is -2.21. The number of tetrazole rings is 1. The van der Waals surface area contributed by atoms with Crippen molar-refractivity contribution in [1.82, 2.24) is 20.2 Å². The number of aromatic nitrogens is 4. The molecule has 1 aromatic carbocycles. The Morgan fingerprint density at radius 1 is 1.18 bits per heavy atom. The van der Waals surface area contributed by atoms with E-state index < -0.39 is 0 Å². The zero-order valence-electron chi connectivity index (χ0n) is 8.82. The smallest absolute Gasteiger partial charge is 0.189 e. The summed E-state index contributed by atoms with van der Waals surface area (Å²) in [7, 11) is 0. The van der Waals surface area contributed by atoms with Gasteiger partial charge in [-0.15, -0.1) is 5.10 Å². The van der Waals surface area contributed by atoms with Crippen LogP contribution in [-0.4, -0.2) is 20.2 Å². The van der Waals surface area contributed by atoms with Gasteiger partial charge in [0.2, 0.25) is 0 Å². The fraction of sp³-hybridized carbons (Fsp3) is 0. The molecule has 0 amide bonds. The van der Waals surface area contributed by atoms with E-state index in [0.29, 0.717) is 11.5 Å². The molecule has 3 rings (SSSR count). The van der Waals surface area contributed by atoms with Crippen LogP contribution in [0.25, 0.3) is 17.1 Å². The molecule has 5 nitrogen and oxygen atoms in total. The maximum absolute atomic E-state index is 5.93. The molecule has 0 atom stereocenters. The summed E-state index contributed by atoms with van der Waals surface area (Å²) in [5, 5.41) is 15.7. The molecule has 0 saturated heterocycles. The molecule has 17 heavy (non-hydrogen) atoms. The average Bonchev–Trinajstić information content (AvgIpc) is 3.00. The molecule has 2 heterocycles. The zero-order valence-corrected chi connectivity index (χ0v) is 9.63. The minimum atomic E-state index is 0.654. The van der Waals surface area contributed by atoms with Crippen molar-refractivity contribution in [3.63, 3.8) is 0 Å². The quantitative estimate of drug-likeness (QED) is 0.699. The molecule has 0 bridgehead atoms. The number of hydrogen-bond donors (Lipinski definition) is 1. The number of hydrogen-bond acceptors (Lipinski definition) is 5. The van der Waals surface area contributed by atoms with E-state index in [4.69, 9.17) is 5.73 Å². The van der Waals surface area contributed by atoms with Crippen LogP contribution >= 0.6 is 11.3 Å². The SMILES string of the molecule is Nc1ccccc1-c1nnnn1-c1ccsc1. The van der Waals surface area contributed by atoms with Crippen molar-refractivity contribution in [3.05, 3.63) is 41.1 Å². The van der Waals surface area contributed by atoms with Crippen molar-refractivity contribution in [2.24, 2.45) is 0 Å². The van der Waals surface area contributed by atoms with Gasteiger partial charge < -0.3 is 5.73 Å². The molecule has 6 heteroatoms. The van der Waals surface area contributed by atoms with E-state index >= 15 is 0 Å². The van der Waals surface area contributed by atoms with E-state index in [-0.39, 0.29) is 0 Å².